The molecule has 1 N–H and O–H groups in total. The van der Waals surface area contributed by atoms with Crippen molar-refractivity contribution < 1.29 is 0 Å². The molecule has 2 nitrogen and oxygen atoms in total. The first-order valence-corrected chi connectivity index (χ1v) is 8.52. The molecule has 2 heteroatoms. The summed E-state index contributed by atoms with van der Waals surface area (Å²) in [5.74, 6) is 0. The molecule has 120 valence electrons. The zero-order valence-corrected chi connectivity index (χ0v) is 14.7. The van der Waals surface area contributed by atoms with E-state index in [-0.39, 0.29) is 0 Å². The van der Waals surface area contributed by atoms with Crippen LogP contribution in [-0.4, -0.2) is 25.7 Å². The highest BCUT2D eigenvalue weighted by atomic mass is 15.1. The first kappa shape index (κ1) is 18.0. The molecule has 0 saturated carbocycles. The Morgan fingerprint density at radius 3 is 2.24 bits per heavy atom. The van der Waals surface area contributed by atoms with E-state index in [1.165, 1.54) is 24.9 Å². The van der Waals surface area contributed by atoms with Gasteiger partial charge in [0.1, 0.15) is 0 Å². The van der Waals surface area contributed by atoms with E-state index in [0.717, 1.165) is 19.6 Å². The average Bonchev–Trinajstić information content (AvgIpc) is 2.46. The maximum atomic E-state index is 3.66. The molecule has 0 aliphatic heterocycles. The van der Waals surface area contributed by atoms with Crippen LogP contribution in [-0.2, 0) is 0 Å². The van der Waals surface area contributed by atoms with Crippen LogP contribution in [0.3, 0.4) is 0 Å². The number of nitrogens with one attached hydrogen (secondary N) is 1. The first-order valence-electron chi connectivity index (χ1n) is 8.52. The van der Waals surface area contributed by atoms with Gasteiger partial charge in [0.05, 0.1) is 0 Å². The lowest BCUT2D eigenvalue weighted by Crippen LogP contribution is -2.43. The van der Waals surface area contributed by atoms with Crippen LogP contribution in [0.5, 0.6) is 0 Å². The van der Waals surface area contributed by atoms with Gasteiger partial charge in [0, 0.05) is 24.8 Å². The molecule has 0 amide bonds. The summed E-state index contributed by atoms with van der Waals surface area (Å²) < 4.78 is 0. The summed E-state index contributed by atoms with van der Waals surface area (Å²) in [5.41, 5.74) is 1.67. The predicted octanol–water partition coefficient (Wildman–Crippen LogP) is 4.71. The van der Waals surface area contributed by atoms with Gasteiger partial charge in [-0.05, 0) is 36.9 Å². The Bertz CT molecular complexity index is 367. The third-order valence-corrected chi connectivity index (χ3v) is 4.09. The van der Waals surface area contributed by atoms with Crippen LogP contribution in [0.25, 0.3) is 0 Å². The molecule has 1 rings (SSSR count). The van der Waals surface area contributed by atoms with Gasteiger partial charge in [-0.25, -0.2) is 0 Å². The summed E-state index contributed by atoms with van der Waals surface area (Å²) in [7, 11) is 0. The van der Waals surface area contributed by atoms with E-state index in [0.29, 0.717) is 11.5 Å². The minimum absolute atomic E-state index is 0.309. The molecule has 0 saturated heterocycles. The molecular weight excluding hydrogens is 256 g/mol. The SMILES string of the molecule is CCCCN(CCC(NCC)C(C)(C)C)c1ccccc1. The van der Waals surface area contributed by atoms with Gasteiger partial charge in [-0.3, -0.25) is 0 Å². The lowest BCUT2D eigenvalue weighted by atomic mass is 9.84. The fourth-order valence-corrected chi connectivity index (χ4v) is 2.73. The molecule has 21 heavy (non-hydrogen) atoms. The van der Waals surface area contributed by atoms with Gasteiger partial charge in [0.15, 0.2) is 0 Å². The summed E-state index contributed by atoms with van der Waals surface area (Å²) >= 11 is 0. The highest BCUT2D eigenvalue weighted by molar-refractivity contribution is 5.45. The van der Waals surface area contributed by atoms with Gasteiger partial charge in [-0.15, -0.1) is 0 Å². The number of para-hydroxylation sites is 1. The summed E-state index contributed by atoms with van der Waals surface area (Å²) in [6.07, 6.45) is 3.70. The molecule has 0 spiro atoms. The van der Waals surface area contributed by atoms with Crippen molar-refractivity contribution in [2.45, 2.75) is 59.9 Å². The van der Waals surface area contributed by atoms with Crippen LogP contribution >= 0.6 is 0 Å². The van der Waals surface area contributed by atoms with E-state index in [4.69, 9.17) is 0 Å². The molecule has 0 heterocycles. The third-order valence-electron chi connectivity index (χ3n) is 4.09. The van der Waals surface area contributed by atoms with Crippen molar-refractivity contribution in [3.63, 3.8) is 0 Å². The highest BCUT2D eigenvalue weighted by Gasteiger charge is 2.24. The lowest BCUT2D eigenvalue weighted by molar-refractivity contribution is 0.259. The minimum Gasteiger partial charge on any atom is -0.371 e. The Hall–Kier alpha value is -1.02. The highest BCUT2D eigenvalue weighted by Crippen LogP contribution is 2.23. The van der Waals surface area contributed by atoms with E-state index in [1.54, 1.807) is 0 Å². The zero-order chi connectivity index (χ0) is 15.7. The lowest BCUT2D eigenvalue weighted by Gasteiger charge is -2.34. The van der Waals surface area contributed by atoms with Crippen LogP contribution in [0.15, 0.2) is 30.3 Å². The van der Waals surface area contributed by atoms with Crippen LogP contribution in [0, 0.1) is 5.41 Å². The Labute approximate surface area is 131 Å². The van der Waals surface area contributed by atoms with Crippen molar-refractivity contribution in [1.29, 1.82) is 0 Å². The quantitative estimate of drug-likeness (QED) is 0.708. The molecule has 0 bridgehead atoms. The van der Waals surface area contributed by atoms with Crippen molar-refractivity contribution >= 4 is 5.69 Å². The second kappa shape index (κ2) is 9.09. The Balaban J connectivity index is 2.68. The van der Waals surface area contributed by atoms with Gasteiger partial charge < -0.3 is 10.2 Å². The molecule has 0 aromatic heterocycles. The topological polar surface area (TPSA) is 15.3 Å². The van der Waals surface area contributed by atoms with E-state index in [9.17, 15) is 0 Å². The van der Waals surface area contributed by atoms with Crippen molar-refractivity contribution in [3.8, 4) is 0 Å². The Morgan fingerprint density at radius 1 is 1.05 bits per heavy atom. The molecule has 0 fully saturated rings. The first-order chi connectivity index (χ1) is 9.99. The van der Waals surface area contributed by atoms with E-state index in [2.05, 4.69) is 75.2 Å². The van der Waals surface area contributed by atoms with Crippen molar-refractivity contribution in [3.05, 3.63) is 30.3 Å². The van der Waals surface area contributed by atoms with Crippen LogP contribution in [0.2, 0.25) is 0 Å². The predicted molar refractivity (Wildman–Crippen MR) is 95.1 cm³/mol. The van der Waals surface area contributed by atoms with E-state index >= 15 is 0 Å². The van der Waals surface area contributed by atoms with E-state index in [1.807, 2.05) is 0 Å². The molecule has 1 unspecified atom stereocenters. The number of unbranched alkanes of at least 4 members (excludes halogenated alkanes) is 1. The second-order valence-electron chi connectivity index (χ2n) is 6.94. The summed E-state index contributed by atoms with van der Waals surface area (Å²) in [6, 6.07) is 11.4. The maximum absolute atomic E-state index is 3.66. The largest absolute Gasteiger partial charge is 0.371 e. The van der Waals surface area contributed by atoms with Crippen molar-refractivity contribution in [1.82, 2.24) is 5.32 Å². The normalized spacial score (nSPS) is 13.2. The number of hydrogen-bond acceptors (Lipinski definition) is 2. The Morgan fingerprint density at radius 2 is 1.71 bits per heavy atom. The van der Waals surface area contributed by atoms with Gasteiger partial charge in [0.2, 0.25) is 0 Å². The molecule has 0 radical (unpaired) electrons. The molecule has 0 aliphatic rings. The fourth-order valence-electron chi connectivity index (χ4n) is 2.73. The van der Waals surface area contributed by atoms with Crippen molar-refractivity contribution in [2.75, 3.05) is 24.5 Å². The maximum Gasteiger partial charge on any atom is 0.0366 e. The molecule has 1 atom stereocenters. The minimum atomic E-state index is 0.309. The summed E-state index contributed by atoms with van der Waals surface area (Å²) in [5, 5.41) is 3.66. The van der Waals surface area contributed by atoms with Gasteiger partial charge in [0.25, 0.3) is 0 Å². The van der Waals surface area contributed by atoms with Crippen molar-refractivity contribution in [2.24, 2.45) is 5.41 Å². The summed E-state index contributed by atoms with van der Waals surface area (Å²) in [6.45, 7) is 14.8. The van der Waals surface area contributed by atoms with Gasteiger partial charge in [-0.1, -0.05) is 59.2 Å². The van der Waals surface area contributed by atoms with Crippen LogP contribution < -0.4 is 10.2 Å². The summed E-state index contributed by atoms with van der Waals surface area (Å²) in [4.78, 5) is 2.54. The smallest absolute Gasteiger partial charge is 0.0366 e. The number of anilines is 1. The van der Waals surface area contributed by atoms with Gasteiger partial charge >= 0.3 is 0 Å². The molecule has 1 aromatic rings. The Kier molecular flexibility index (Phi) is 7.81. The van der Waals surface area contributed by atoms with Gasteiger partial charge in [-0.2, -0.15) is 0 Å². The third kappa shape index (κ3) is 6.52. The van der Waals surface area contributed by atoms with Crippen LogP contribution in [0.1, 0.15) is 53.9 Å². The average molecular weight is 290 g/mol. The monoisotopic (exact) mass is 290 g/mol. The fraction of sp³-hybridized carbons (Fsp3) is 0.684. The van der Waals surface area contributed by atoms with E-state index < -0.39 is 0 Å². The van der Waals surface area contributed by atoms with Crippen LogP contribution in [0.4, 0.5) is 5.69 Å². The molecule has 1 aromatic carbocycles. The standard InChI is InChI=1S/C19H34N2/c1-6-8-15-21(17-12-10-9-11-13-17)16-14-18(20-7-2)19(3,4)5/h9-13,18,20H,6-8,14-16H2,1-5H3. The number of benzene rings is 1. The zero-order valence-electron chi connectivity index (χ0n) is 14.7. The number of hydrogen-bond donors (Lipinski definition) is 1. The number of nitrogens with zero attached hydrogens (tertiary/aromatic N) is 1. The second-order valence-corrected chi connectivity index (χ2v) is 6.94. The molecular formula is C19H34N2. The molecule has 0 aliphatic carbocycles. The number of rotatable bonds is 9.